The Hall–Kier alpha value is -2.43. The fraction of sp³-hybridized carbons (Fsp3) is 0.312. The monoisotopic (exact) mass is 282 g/mol. The average Bonchev–Trinajstić information content (AvgIpc) is 3.08. The third kappa shape index (κ3) is 3.37. The van der Waals surface area contributed by atoms with E-state index in [1.807, 2.05) is 0 Å². The molecule has 1 aliphatic rings. The second-order valence-electron chi connectivity index (χ2n) is 5.23. The molecule has 0 saturated carbocycles. The lowest BCUT2D eigenvalue weighted by molar-refractivity contribution is 0.0946. The van der Waals surface area contributed by atoms with Crippen LogP contribution in [0.3, 0.4) is 0 Å². The Bertz CT molecular complexity index is 633. The third-order valence-electron chi connectivity index (χ3n) is 3.71. The van der Waals surface area contributed by atoms with Gasteiger partial charge >= 0.3 is 0 Å². The predicted molar refractivity (Wildman–Crippen MR) is 80.2 cm³/mol. The molecule has 0 fully saturated rings. The summed E-state index contributed by atoms with van der Waals surface area (Å²) in [4.78, 5) is 20.5. The zero-order valence-electron chi connectivity index (χ0n) is 11.8. The van der Waals surface area contributed by atoms with Crippen LogP contribution < -0.4 is 5.32 Å². The van der Waals surface area contributed by atoms with Gasteiger partial charge in [0.2, 0.25) is 0 Å². The van der Waals surface area contributed by atoms with Crippen molar-refractivity contribution in [2.75, 3.05) is 6.54 Å². The number of nitrogens with one attached hydrogen (secondary N) is 1. The summed E-state index contributed by atoms with van der Waals surface area (Å²) in [6, 6.07) is 3.51. The Kier molecular flexibility index (Phi) is 4.09. The van der Waals surface area contributed by atoms with Crippen LogP contribution in [0.25, 0.3) is 5.82 Å². The summed E-state index contributed by atoms with van der Waals surface area (Å²) in [7, 11) is 0. The minimum absolute atomic E-state index is 0.0479. The highest BCUT2D eigenvalue weighted by Gasteiger charge is 2.13. The van der Waals surface area contributed by atoms with Crippen molar-refractivity contribution in [3.63, 3.8) is 0 Å². The van der Waals surface area contributed by atoms with Crippen molar-refractivity contribution in [3.8, 4) is 5.82 Å². The molecule has 2 aromatic rings. The summed E-state index contributed by atoms with van der Waals surface area (Å²) >= 11 is 0. The summed E-state index contributed by atoms with van der Waals surface area (Å²) in [6.07, 6.45) is 14.5. The van der Waals surface area contributed by atoms with Crippen LogP contribution >= 0.6 is 0 Å². The van der Waals surface area contributed by atoms with Crippen molar-refractivity contribution >= 4 is 5.91 Å². The van der Waals surface area contributed by atoms with Gasteiger partial charge < -0.3 is 5.32 Å². The lowest BCUT2D eigenvalue weighted by Gasteiger charge is -2.18. The molecule has 1 atom stereocenters. The maximum absolute atomic E-state index is 12.2. The van der Waals surface area contributed by atoms with E-state index in [2.05, 4.69) is 27.4 Å². The van der Waals surface area contributed by atoms with Gasteiger partial charge in [0.1, 0.15) is 12.1 Å². The molecule has 0 radical (unpaired) electrons. The van der Waals surface area contributed by atoms with E-state index in [-0.39, 0.29) is 5.91 Å². The molecule has 3 rings (SSSR count). The van der Waals surface area contributed by atoms with Gasteiger partial charge in [0.25, 0.3) is 5.91 Å². The van der Waals surface area contributed by atoms with Crippen LogP contribution in [0.4, 0.5) is 0 Å². The zero-order chi connectivity index (χ0) is 14.5. The van der Waals surface area contributed by atoms with Crippen molar-refractivity contribution < 1.29 is 4.79 Å². The number of nitrogens with zero attached hydrogens (tertiary/aromatic N) is 3. The van der Waals surface area contributed by atoms with Crippen LogP contribution in [0.5, 0.6) is 0 Å². The van der Waals surface area contributed by atoms with Crippen molar-refractivity contribution in [1.82, 2.24) is 19.9 Å². The second kappa shape index (κ2) is 6.35. The molecular weight excluding hydrogens is 264 g/mol. The van der Waals surface area contributed by atoms with Crippen LogP contribution in [0.1, 0.15) is 29.6 Å². The van der Waals surface area contributed by atoms with Crippen molar-refractivity contribution in [2.24, 2.45) is 5.92 Å². The van der Waals surface area contributed by atoms with Crippen LogP contribution in [0.2, 0.25) is 0 Å². The third-order valence-corrected chi connectivity index (χ3v) is 3.71. The van der Waals surface area contributed by atoms with E-state index in [1.165, 1.54) is 0 Å². The Morgan fingerprint density at radius 2 is 2.33 bits per heavy atom. The molecule has 5 nitrogen and oxygen atoms in total. The van der Waals surface area contributed by atoms with Crippen LogP contribution in [0.15, 0.2) is 49.2 Å². The SMILES string of the molecule is O=C(NC[C@@H]1CC=CCC1)c1ccnc(-n2ccnc2)c1. The van der Waals surface area contributed by atoms with E-state index in [9.17, 15) is 4.79 Å². The van der Waals surface area contributed by atoms with Crippen molar-refractivity contribution in [3.05, 3.63) is 54.8 Å². The number of amides is 1. The highest BCUT2D eigenvalue weighted by molar-refractivity contribution is 5.94. The molecule has 0 unspecified atom stereocenters. The molecule has 2 aromatic heterocycles. The summed E-state index contributed by atoms with van der Waals surface area (Å²) in [5, 5.41) is 3.02. The first-order chi connectivity index (χ1) is 10.3. The van der Waals surface area contributed by atoms with Gasteiger partial charge in [-0.3, -0.25) is 9.36 Å². The minimum Gasteiger partial charge on any atom is -0.352 e. The largest absolute Gasteiger partial charge is 0.352 e. The van der Waals surface area contributed by atoms with E-state index >= 15 is 0 Å². The van der Waals surface area contributed by atoms with Gasteiger partial charge in [-0.15, -0.1) is 0 Å². The average molecular weight is 282 g/mol. The number of hydrogen-bond acceptors (Lipinski definition) is 3. The quantitative estimate of drug-likeness (QED) is 0.876. The van der Waals surface area contributed by atoms with E-state index < -0.39 is 0 Å². The molecule has 0 saturated heterocycles. The smallest absolute Gasteiger partial charge is 0.251 e. The molecule has 108 valence electrons. The fourth-order valence-electron chi connectivity index (χ4n) is 2.48. The molecule has 2 heterocycles. The maximum atomic E-state index is 12.2. The van der Waals surface area contributed by atoms with Crippen molar-refractivity contribution in [2.45, 2.75) is 19.3 Å². The lowest BCUT2D eigenvalue weighted by Crippen LogP contribution is -2.29. The van der Waals surface area contributed by atoms with Gasteiger partial charge in [0.05, 0.1) is 0 Å². The molecule has 0 bridgehead atoms. The molecular formula is C16H18N4O. The summed E-state index contributed by atoms with van der Waals surface area (Å²) < 4.78 is 1.78. The first kappa shape index (κ1) is 13.5. The lowest BCUT2D eigenvalue weighted by atomic mass is 9.94. The second-order valence-corrected chi connectivity index (χ2v) is 5.23. The van der Waals surface area contributed by atoms with E-state index in [4.69, 9.17) is 0 Å². The van der Waals surface area contributed by atoms with E-state index in [0.717, 1.165) is 25.8 Å². The van der Waals surface area contributed by atoms with E-state index in [0.29, 0.717) is 17.3 Å². The van der Waals surface area contributed by atoms with Crippen LogP contribution in [-0.2, 0) is 0 Å². The number of rotatable bonds is 4. The first-order valence-corrected chi connectivity index (χ1v) is 7.20. The number of carbonyl (C=O) groups excluding carboxylic acids is 1. The summed E-state index contributed by atoms with van der Waals surface area (Å²) in [6.45, 7) is 0.728. The number of allylic oxidation sites excluding steroid dienone is 2. The topological polar surface area (TPSA) is 59.8 Å². The number of carbonyl (C=O) groups is 1. The number of hydrogen-bond donors (Lipinski definition) is 1. The molecule has 0 aromatic carbocycles. The Balaban J connectivity index is 1.64. The number of aromatic nitrogens is 3. The molecule has 0 spiro atoms. The van der Waals surface area contributed by atoms with Gasteiger partial charge in [0.15, 0.2) is 0 Å². The Labute approximate surface area is 123 Å². The van der Waals surface area contributed by atoms with Crippen LogP contribution in [0, 0.1) is 5.92 Å². The van der Waals surface area contributed by atoms with Crippen molar-refractivity contribution in [1.29, 1.82) is 0 Å². The zero-order valence-corrected chi connectivity index (χ0v) is 11.8. The van der Waals surface area contributed by atoms with E-state index in [1.54, 1.807) is 41.6 Å². The molecule has 0 aliphatic heterocycles. The predicted octanol–water partition coefficient (Wildman–Crippen LogP) is 2.35. The first-order valence-electron chi connectivity index (χ1n) is 7.20. The standard InChI is InChI=1S/C16H18N4O/c21-16(19-11-13-4-2-1-3-5-13)14-6-7-18-15(10-14)20-9-8-17-12-20/h1-2,6-10,12-13H,3-5,11H2,(H,19,21)/t13-/m1/s1. The molecule has 5 heteroatoms. The normalized spacial score (nSPS) is 17.6. The van der Waals surface area contributed by atoms with Gasteiger partial charge in [0, 0.05) is 30.7 Å². The Morgan fingerprint density at radius 1 is 1.38 bits per heavy atom. The summed E-state index contributed by atoms with van der Waals surface area (Å²) in [5.74, 6) is 1.20. The fourth-order valence-corrected chi connectivity index (χ4v) is 2.48. The number of imidazole rings is 1. The van der Waals surface area contributed by atoms with Gasteiger partial charge in [-0.05, 0) is 37.3 Å². The molecule has 1 N–H and O–H groups in total. The van der Waals surface area contributed by atoms with Crippen LogP contribution in [-0.4, -0.2) is 27.0 Å². The molecule has 1 amide bonds. The Morgan fingerprint density at radius 3 is 3.10 bits per heavy atom. The minimum atomic E-state index is -0.0479. The van der Waals surface area contributed by atoms with Gasteiger partial charge in [-0.2, -0.15) is 0 Å². The molecule has 1 aliphatic carbocycles. The summed E-state index contributed by atoms with van der Waals surface area (Å²) in [5.41, 5.74) is 0.625. The maximum Gasteiger partial charge on any atom is 0.251 e. The van der Waals surface area contributed by atoms with Gasteiger partial charge in [-0.25, -0.2) is 9.97 Å². The van der Waals surface area contributed by atoms with Gasteiger partial charge in [-0.1, -0.05) is 12.2 Å². The number of pyridine rings is 1. The highest BCUT2D eigenvalue weighted by atomic mass is 16.1. The highest BCUT2D eigenvalue weighted by Crippen LogP contribution is 2.17. The molecule has 21 heavy (non-hydrogen) atoms.